The zero-order chi connectivity index (χ0) is 15.9. The fourth-order valence-corrected chi connectivity index (χ4v) is 2.50. The Hall–Kier alpha value is -1.35. The Kier molecular flexibility index (Phi) is 6.90. The molecule has 0 saturated heterocycles. The van der Waals surface area contributed by atoms with E-state index in [1.54, 1.807) is 13.2 Å². The van der Waals surface area contributed by atoms with Crippen molar-refractivity contribution in [1.29, 1.82) is 0 Å². The number of hydrogen-bond donors (Lipinski definition) is 3. The van der Waals surface area contributed by atoms with Gasteiger partial charge in [0.25, 0.3) is 0 Å². The van der Waals surface area contributed by atoms with Crippen molar-refractivity contribution < 1.29 is 17.9 Å². The molecule has 0 aromatic heterocycles. The molecule has 0 aliphatic heterocycles. The van der Waals surface area contributed by atoms with Crippen LogP contribution in [0.3, 0.4) is 0 Å². The molecule has 7 nitrogen and oxygen atoms in total. The van der Waals surface area contributed by atoms with Crippen molar-refractivity contribution in [2.45, 2.75) is 23.8 Å². The highest BCUT2D eigenvalue weighted by Crippen LogP contribution is 2.28. The summed E-state index contributed by atoms with van der Waals surface area (Å²) in [5, 5.41) is 8.37. The second-order valence-corrected chi connectivity index (χ2v) is 6.20. The molecule has 0 amide bonds. The molecule has 1 rings (SSSR count). The molecule has 8 heteroatoms. The van der Waals surface area contributed by atoms with Crippen LogP contribution in [0.15, 0.2) is 23.1 Å². The van der Waals surface area contributed by atoms with E-state index in [1.165, 1.54) is 19.2 Å². The maximum Gasteiger partial charge on any atom is 0.238 e. The van der Waals surface area contributed by atoms with Gasteiger partial charge in [0.2, 0.25) is 10.0 Å². The minimum atomic E-state index is -3.76. The lowest BCUT2D eigenvalue weighted by atomic mass is 10.1. The van der Waals surface area contributed by atoms with E-state index >= 15 is 0 Å². The van der Waals surface area contributed by atoms with Crippen LogP contribution in [0.1, 0.15) is 12.8 Å². The van der Waals surface area contributed by atoms with Gasteiger partial charge in [-0.25, -0.2) is 13.6 Å². The highest BCUT2D eigenvalue weighted by atomic mass is 32.2. The summed E-state index contributed by atoms with van der Waals surface area (Å²) in [5.74, 6) is 0.538. The third-order valence-corrected chi connectivity index (χ3v) is 3.89. The summed E-state index contributed by atoms with van der Waals surface area (Å²) >= 11 is 0. The van der Waals surface area contributed by atoms with Gasteiger partial charge in [-0.05, 0) is 37.6 Å². The quantitative estimate of drug-likeness (QED) is 0.611. The number of methoxy groups -OCH3 is 2. The number of nitrogens with one attached hydrogen (secondary N) is 1. The predicted molar refractivity (Wildman–Crippen MR) is 81.9 cm³/mol. The van der Waals surface area contributed by atoms with E-state index in [9.17, 15) is 8.42 Å². The van der Waals surface area contributed by atoms with Crippen LogP contribution in [-0.2, 0) is 14.8 Å². The summed E-state index contributed by atoms with van der Waals surface area (Å²) < 4.78 is 33.3. The standard InChI is InChI=1S/C13H23N3O4S/c1-19-9-10(4-3-7-14)16-12-8-11(21(15,17)18)5-6-13(12)20-2/h5-6,8,10,16H,3-4,7,9,14H2,1-2H3,(H2,15,17,18). The Morgan fingerprint density at radius 3 is 2.57 bits per heavy atom. The molecule has 120 valence electrons. The van der Waals surface area contributed by atoms with Crippen LogP contribution in [0.2, 0.25) is 0 Å². The van der Waals surface area contributed by atoms with Gasteiger partial charge in [-0.1, -0.05) is 0 Å². The average Bonchev–Trinajstić information content (AvgIpc) is 2.44. The molecule has 1 atom stereocenters. The SMILES string of the molecule is COCC(CCCN)Nc1cc(S(N)(=O)=O)ccc1OC. The maximum absolute atomic E-state index is 11.4. The lowest BCUT2D eigenvalue weighted by molar-refractivity contribution is 0.182. The summed E-state index contributed by atoms with van der Waals surface area (Å²) in [6.45, 7) is 1.05. The molecular formula is C13H23N3O4S. The first-order valence-corrected chi connectivity index (χ1v) is 8.13. The Morgan fingerprint density at radius 1 is 1.33 bits per heavy atom. The molecule has 1 aromatic carbocycles. The molecule has 0 radical (unpaired) electrons. The summed E-state index contributed by atoms with van der Waals surface area (Å²) in [5.41, 5.74) is 6.07. The first-order valence-electron chi connectivity index (χ1n) is 6.58. The fourth-order valence-electron chi connectivity index (χ4n) is 1.96. The molecule has 21 heavy (non-hydrogen) atoms. The monoisotopic (exact) mass is 317 g/mol. The Balaban J connectivity index is 3.02. The van der Waals surface area contributed by atoms with Gasteiger partial charge in [-0.2, -0.15) is 0 Å². The normalized spacial score (nSPS) is 13.0. The van der Waals surface area contributed by atoms with E-state index in [1.807, 2.05) is 0 Å². The van der Waals surface area contributed by atoms with E-state index in [-0.39, 0.29) is 10.9 Å². The van der Waals surface area contributed by atoms with E-state index in [0.717, 1.165) is 12.8 Å². The number of ether oxygens (including phenoxy) is 2. The number of benzene rings is 1. The number of hydrogen-bond acceptors (Lipinski definition) is 6. The van der Waals surface area contributed by atoms with Crippen LogP contribution in [0.25, 0.3) is 0 Å². The molecular weight excluding hydrogens is 294 g/mol. The molecule has 0 aliphatic rings. The lowest BCUT2D eigenvalue weighted by Gasteiger charge is -2.21. The first-order chi connectivity index (χ1) is 9.92. The maximum atomic E-state index is 11.4. The third kappa shape index (κ3) is 5.50. The number of primary sulfonamides is 1. The largest absolute Gasteiger partial charge is 0.495 e. The van der Waals surface area contributed by atoms with Crippen LogP contribution in [0, 0.1) is 0 Å². The second kappa shape index (κ2) is 8.18. The lowest BCUT2D eigenvalue weighted by Crippen LogP contribution is -2.26. The molecule has 0 aliphatic carbocycles. The molecule has 1 aromatic rings. The zero-order valence-electron chi connectivity index (χ0n) is 12.3. The third-order valence-electron chi connectivity index (χ3n) is 2.98. The molecule has 5 N–H and O–H groups in total. The summed E-state index contributed by atoms with van der Waals surface area (Å²) in [4.78, 5) is 0.0285. The van der Waals surface area contributed by atoms with Crippen molar-refractivity contribution in [3.8, 4) is 5.75 Å². The van der Waals surface area contributed by atoms with Crippen LogP contribution < -0.4 is 20.9 Å². The van der Waals surface area contributed by atoms with E-state index < -0.39 is 10.0 Å². The fraction of sp³-hybridized carbons (Fsp3) is 0.538. The van der Waals surface area contributed by atoms with Crippen molar-refractivity contribution in [1.82, 2.24) is 0 Å². The van der Waals surface area contributed by atoms with Crippen LogP contribution in [-0.4, -0.2) is 41.8 Å². The van der Waals surface area contributed by atoms with Crippen molar-refractivity contribution in [3.05, 3.63) is 18.2 Å². The van der Waals surface area contributed by atoms with Gasteiger partial charge in [0.05, 0.1) is 24.3 Å². The molecule has 1 unspecified atom stereocenters. The Morgan fingerprint density at radius 2 is 2.05 bits per heavy atom. The van der Waals surface area contributed by atoms with E-state index in [4.69, 9.17) is 20.3 Å². The van der Waals surface area contributed by atoms with Crippen LogP contribution in [0.4, 0.5) is 5.69 Å². The van der Waals surface area contributed by atoms with Gasteiger partial charge in [-0.15, -0.1) is 0 Å². The van der Waals surface area contributed by atoms with Gasteiger partial charge >= 0.3 is 0 Å². The van der Waals surface area contributed by atoms with Gasteiger partial charge in [0.1, 0.15) is 5.75 Å². The molecule has 0 fully saturated rings. The van der Waals surface area contributed by atoms with Gasteiger partial charge < -0.3 is 20.5 Å². The summed E-state index contributed by atoms with van der Waals surface area (Å²) in [6.07, 6.45) is 1.63. The van der Waals surface area contributed by atoms with Crippen molar-refractivity contribution in [2.75, 3.05) is 32.7 Å². The summed E-state index contributed by atoms with van der Waals surface area (Å²) in [7, 11) is -0.640. The highest BCUT2D eigenvalue weighted by molar-refractivity contribution is 7.89. The molecule has 0 bridgehead atoms. The number of sulfonamides is 1. The van der Waals surface area contributed by atoms with Gasteiger partial charge in [-0.3, -0.25) is 0 Å². The number of anilines is 1. The Bertz CT molecular complexity index is 548. The van der Waals surface area contributed by atoms with Gasteiger partial charge in [0, 0.05) is 13.2 Å². The van der Waals surface area contributed by atoms with Crippen LogP contribution in [0.5, 0.6) is 5.75 Å². The second-order valence-electron chi connectivity index (χ2n) is 4.63. The van der Waals surface area contributed by atoms with Crippen molar-refractivity contribution in [2.24, 2.45) is 10.9 Å². The number of rotatable bonds is 9. The van der Waals surface area contributed by atoms with Crippen molar-refractivity contribution >= 4 is 15.7 Å². The first kappa shape index (κ1) is 17.7. The molecule has 0 saturated carbocycles. The smallest absolute Gasteiger partial charge is 0.238 e. The summed E-state index contributed by atoms with van der Waals surface area (Å²) in [6, 6.07) is 4.43. The predicted octanol–water partition coefficient (Wildman–Crippen LogP) is 0.508. The average molecular weight is 317 g/mol. The minimum absolute atomic E-state index is 0.00294. The molecule has 0 spiro atoms. The highest BCUT2D eigenvalue weighted by Gasteiger charge is 2.15. The molecule has 0 heterocycles. The van der Waals surface area contributed by atoms with Crippen molar-refractivity contribution in [3.63, 3.8) is 0 Å². The Labute approximate surface area is 125 Å². The zero-order valence-corrected chi connectivity index (χ0v) is 13.2. The minimum Gasteiger partial charge on any atom is -0.495 e. The van der Waals surface area contributed by atoms with E-state index in [2.05, 4.69) is 5.32 Å². The topological polar surface area (TPSA) is 117 Å². The van der Waals surface area contributed by atoms with E-state index in [0.29, 0.717) is 24.6 Å². The number of nitrogens with two attached hydrogens (primary N) is 2. The van der Waals surface area contributed by atoms with Gasteiger partial charge in [0.15, 0.2) is 0 Å². The van der Waals surface area contributed by atoms with Crippen LogP contribution >= 0.6 is 0 Å².